The maximum atomic E-state index is 10.2. The number of hydrogen-bond donors (Lipinski definition) is 1. The van der Waals surface area contributed by atoms with E-state index in [0.717, 1.165) is 0 Å². The first kappa shape index (κ1) is 15.6. The quantitative estimate of drug-likeness (QED) is 0.701. The van der Waals surface area contributed by atoms with Crippen molar-refractivity contribution in [2.24, 2.45) is 11.8 Å². The number of ketones is 1. The van der Waals surface area contributed by atoms with Crippen molar-refractivity contribution in [2.75, 3.05) is 5.73 Å². The largest absolute Gasteiger partial charge is 1.00 e. The molecule has 0 heterocycles. The maximum Gasteiger partial charge on any atom is 0.139 e. The Morgan fingerprint density at radius 1 is 1.12 bits per heavy atom. The summed E-state index contributed by atoms with van der Waals surface area (Å²) in [7, 11) is 0. The number of rotatable bonds is 0. The predicted octanol–water partition coefficient (Wildman–Crippen LogP) is 0.421. The summed E-state index contributed by atoms with van der Waals surface area (Å²) in [5, 5.41) is 1.00. The first-order valence-corrected chi connectivity index (χ1v) is 5.44. The molecule has 2 N–H and O–H groups in total. The molecule has 0 aromatic heterocycles. The fraction of sp³-hybridized carbons (Fsp3) is 0.364. The lowest BCUT2D eigenvalue weighted by Gasteiger charge is -1.96. The van der Waals surface area contributed by atoms with Crippen LogP contribution in [0.4, 0.5) is 5.69 Å². The molecule has 1 aliphatic rings. The number of halogens is 3. The number of carbonyl (C=O) groups is 1. The Morgan fingerprint density at radius 3 is 1.62 bits per heavy atom. The van der Waals surface area contributed by atoms with E-state index in [-0.39, 0.29) is 12.4 Å². The Bertz CT molecular complexity index is 351. The fourth-order valence-electron chi connectivity index (χ4n) is 1.04. The predicted molar refractivity (Wildman–Crippen MR) is 64.2 cm³/mol. The van der Waals surface area contributed by atoms with E-state index in [4.69, 9.17) is 28.9 Å². The number of anilines is 1. The monoisotopic (exact) mass is 280 g/mol. The number of nitrogens with two attached hydrogens (primary N) is 1. The van der Waals surface area contributed by atoms with Crippen molar-refractivity contribution in [1.82, 2.24) is 0 Å². The number of benzene rings is 1. The summed E-state index contributed by atoms with van der Waals surface area (Å²) in [5.74, 6) is 1.19. The van der Waals surface area contributed by atoms with Gasteiger partial charge < -0.3 is 18.1 Å². The van der Waals surface area contributed by atoms with Gasteiger partial charge in [-0.2, -0.15) is 0 Å². The van der Waals surface area contributed by atoms with Crippen molar-refractivity contribution in [3.63, 3.8) is 0 Å². The normalized spacial score (nSPS) is 21.6. The third-order valence-electron chi connectivity index (χ3n) is 2.54. The highest BCUT2D eigenvalue weighted by Gasteiger charge is 2.40. The summed E-state index contributed by atoms with van der Waals surface area (Å²) in [4.78, 5) is 10.2. The van der Waals surface area contributed by atoms with Gasteiger partial charge in [0.2, 0.25) is 0 Å². The third-order valence-corrected chi connectivity index (χ3v) is 3.20. The molecule has 0 saturated heterocycles. The number of Topliss-reactive ketones (excluding diaryl/α,β-unsaturated/α-hetero) is 1. The van der Waals surface area contributed by atoms with E-state index in [2.05, 4.69) is 0 Å². The van der Waals surface area contributed by atoms with Gasteiger partial charge in [0.1, 0.15) is 5.78 Å². The maximum absolute atomic E-state index is 10.2. The van der Waals surface area contributed by atoms with Gasteiger partial charge in [0.15, 0.2) is 0 Å². The fourth-order valence-corrected chi connectivity index (χ4v) is 1.44. The molecule has 5 heteroatoms. The second-order valence-electron chi connectivity index (χ2n) is 3.62. The average Bonchev–Trinajstić information content (AvgIpc) is 2.72. The van der Waals surface area contributed by atoms with E-state index in [1.165, 1.54) is 0 Å². The van der Waals surface area contributed by atoms with E-state index >= 15 is 0 Å². The highest BCUT2D eigenvalue weighted by Crippen LogP contribution is 2.31. The van der Waals surface area contributed by atoms with E-state index < -0.39 is 0 Å². The zero-order valence-electron chi connectivity index (χ0n) is 9.01. The van der Waals surface area contributed by atoms with E-state index in [9.17, 15) is 4.79 Å². The van der Waals surface area contributed by atoms with Crippen molar-refractivity contribution >= 4 is 34.7 Å². The Hall–Kier alpha value is -0.440. The van der Waals surface area contributed by atoms with Crippen molar-refractivity contribution < 1.29 is 17.2 Å². The summed E-state index contributed by atoms with van der Waals surface area (Å²) >= 11 is 11.2. The van der Waals surface area contributed by atoms with Crippen LogP contribution in [-0.2, 0) is 4.79 Å². The minimum Gasteiger partial charge on any atom is -1.00 e. The molecule has 1 fully saturated rings. The van der Waals surface area contributed by atoms with Gasteiger partial charge in [-0.05, 0) is 12.1 Å². The standard InChI is InChI=1S/C6H5Cl2N.C5H8O.ClH/c7-4-2-1-3-5(8)6(4)9;1-3-4(2)5(3)6;/h1-3H,9H2;3-4H,1-2H3;1H/p-1. The summed E-state index contributed by atoms with van der Waals surface area (Å²) in [6.45, 7) is 3.93. The van der Waals surface area contributed by atoms with Crippen molar-refractivity contribution in [2.45, 2.75) is 13.8 Å². The molecule has 0 amide bonds. The van der Waals surface area contributed by atoms with Crippen LogP contribution in [0.2, 0.25) is 10.0 Å². The number of nitrogen functional groups attached to an aromatic ring is 1. The molecule has 0 radical (unpaired) electrons. The van der Waals surface area contributed by atoms with Crippen LogP contribution in [0, 0.1) is 11.8 Å². The lowest BCUT2D eigenvalue weighted by atomic mass is 10.3. The van der Waals surface area contributed by atoms with Crippen LogP contribution < -0.4 is 18.1 Å². The van der Waals surface area contributed by atoms with Crippen LogP contribution in [0.25, 0.3) is 0 Å². The van der Waals surface area contributed by atoms with E-state index in [1.807, 2.05) is 13.8 Å². The van der Waals surface area contributed by atoms with Crippen molar-refractivity contribution in [3.05, 3.63) is 28.2 Å². The zero-order chi connectivity index (χ0) is 11.6. The van der Waals surface area contributed by atoms with E-state index in [1.54, 1.807) is 18.2 Å². The molecule has 16 heavy (non-hydrogen) atoms. The molecule has 2 unspecified atom stereocenters. The van der Waals surface area contributed by atoms with Crippen molar-refractivity contribution in [1.29, 1.82) is 0 Å². The Labute approximate surface area is 112 Å². The first-order chi connectivity index (χ1) is 6.95. The second kappa shape index (κ2) is 6.33. The van der Waals surface area contributed by atoms with Crippen LogP contribution in [0.3, 0.4) is 0 Å². The highest BCUT2D eigenvalue weighted by molar-refractivity contribution is 6.38. The topological polar surface area (TPSA) is 43.1 Å². The molecule has 1 aromatic rings. The van der Waals surface area contributed by atoms with Crippen molar-refractivity contribution in [3.8, 4) is 0 Å². The molecule has 2 nitrogen and oxygen atoms in total. The lowest BCUT2D eigenvalue weighted by Crippen LogP contribution is -3.00. The van der Waals surface area contributed by atoms with Crippen LogP contribution in [-0.4, -0.2) is 5.78 Å². The Morgan fingerprint density at radius 2 is 1.44 bits per heavy atom. The molecular formula is C11H13Cl3NO-. The molecule has 0 bridgehead atoms. The van der Waals surface area contributed by atoms with Gasteiger partial charge in [-0.25, -0.2) is 0 Å². The summed E-state index contributed by atoms with van der Waals surface area (Å²) < 4.78 is 0. The molecule has 1 aliphatic carbocycles. The average molecular weight is 282 g/mol. The van der Waals surface area contributed by atoms with Crippen LogP contribution in [0.1, 0.15) is 13.8 Å². The Kier molecular flexibility index (Phi) is 6.16. The van der Waals surface area contributed by atoms with Gasteiger partial charge in [-0.3, -0.25) is 4.79 Å². The molecule has 1 saturated carbocycles. The molecule has 0 aliphatic heterocycles. The summed E-state index contributed by atoms with van der Waals surface area (Å²) in [6, 6.07) is 5.15. The molecule has 1 aromatic carbocycles. The zero-order valence-corrected chi connectivity index (χ0v) is 11.3. The number of hydrogen-bond acceptors (Lipinski definition) is 2. The van der Waals surface area contributed by atoms with Gasteiger partial charge in [0.05, 0.1) is 15.7 Å². The van der Waals surface area contributed by atoms with Crippen LogP contribution >= 0.6 is 23.2 Å². The van der Waals surface area contributed by atoms with Gasteiger partial charge in [0, 0.05) is 11.8 Å². The highest BCUT2D eigenvalue weighted by atomic mass is 35.5. The first-order valence-electron chi connectivity index (χ1n) is 4.68. The smallest absolute Gasteiger partial charge is 0.139 e. The van der Waals surface area contributed by atoms with Gasteiger partial charge >= 0.3 is 0 Å². The molecular weight excluding hydrogens is 268 g/mol. The molecule has 0 spiro atoms. The molecule has 2 rings (SSSR count). The summed E-state index contributed by atoms with van der Waals surface area (Å²) in [5.41, 5.74) is 5.86. The summed E-state index contributed by atoms with van der Waals surface area (Å²) in [6.07, 6.45) is 0. The van der Waals surface area contributed by atoms with Crippen LogP contribution in [0.5, 0.6) is 0 Å². The Balaban J connectivity index is 0.000000283. The SMILES string of the molecule is CC1C(=O)C1C.Nc1c(Cl)cccc1Cl.[Cl-]. The molecule has 90 valence electrons. The van der Waals surface area contributed by atoms with Gasteiger partial charge in [0.25, 0.3) is 0 Å². The van der Waals surface area contributed by atoms with Crippen LogP contribution in [0.15, 0.2) is 18.2 Å². The lowest BCUT2D eigenvalue weighted by molar-refractivity contribution is -0.111. The number of para-hydroxylation sites is 1. The van der Waals surface area contributed by atoms with Gasteiger partial charge in [-0.1, -0.05) is 43.1 Å². The molecule has 2 atom stereocenters. The second-order valence-corrected chi connectivity index (χ2v) is 4.43. The minimum absolute atomic E-state index is 0. The number of carbonyl (C=O) groups excluding carboxylic acids is 1. The van der Waals surface area contributed by atoms with Gasteiger partial charge in [-0.15, -0.1) is 0 Å². The third kappa shape index (κ3) is 3.85. The minimum atomic E-state index is 0. The van der Waals surface area contributed by atoms with E-state index in [0.29, 0.717) is 33.4 Å².